The van der Waals surface area contributed by atoms with Gasteiger partial charge < -0.3 is 10.1 Å². The van der Waals surface area contributed by atoms with Crippen LogP contribution in [-0.2, 0) is 6.54 Å². The zero-order valence-electron chi connectivity index (χ0n) is 11.9. The Bertz CT molecular complexity index is 628. The minimum atomic E-state index is 0.662. The van der Waals surface area contributed by atoms with Crippen molar-refractivity contribution in [1.29, 1.82) is 0 Å². The molecule has 0 aromatic heterocycles. The topological polar surface area (TPSA) is 21.3 Å². The van der Waals surface area contributed by atoms with Gasteiger partial charge in [-0.1, -0.05) is 23.7 Å². The molecule has 2 aromatic rings. The third-order valence-corrected chi connectivity index (χ3v) is 4.48. The van der Waals surface area contributed by atoms with Crippen LogP contribution in [0.25, 0.3) is 0 Å². The summed E-state index contributed by atoms with van der Waals surface area (Å²) in [6.45, 7) is 0.794. The van der Waals surface area contributed by atoms with Gasteiger partial charge in [0, 0.05) is 28.1 Å². The molecule has 0 radical (unpaired) electrons. The van der Waals surface area contributed by atoms with Crippen molar-refractivity contribution >= 4 is 23.4 Å². The maximum Gasteiger partial charge on any atom is 0.140 e. The van der Waals surface area contributed by atoms with Crippen LogP contribution in [0.1, 0.15) is 18.4 Å². The van der Waals surface area contributed by atoms with Crippen molar-refractivity contribution in [2.24, 2.45) is 0 Å². The summed E-state index contributed by atoms with van der Waals surface area (Å²) in [4.78, 5) is 1.13. The number of halogens is 1. The Hall–Kier alpha value is -1.16. The average Bonchev–Trinajstić information content (AvgIpc) is 3.32. The quantitative estimate of drug-likeness (QED) is 0.748. The SMILES string of the molecule is CSc1ccccc1Oc1ccc(Cl)cc1CNC1CC1. The van der Waals surface area contributed by atoms with Gasteiger partial charge in [-0.3, -0.25) is 0 Å². The maximum absolute atomic E-state index is 6.12. The summed E-state index contributed by atoms with van der Waals surface area (Å²) >= 11 is 7.81. The second kappa shape index (κ2) is 6.73. The summed E-state index contributed by atoms with van der Waals surface area (Å²) in [5, 5.41) is 4.25. The van der Waals surface area contributed by atoms with E-state index in [1.807, 2.05) is 36.4 Å². The number of ether oxygens (including phenoxy) is 1. The highest BCUT2D eigenvalue weighted by molar-refractivity contribution is 7.98. The van der Waals surface area contributed by atoms with E-state index in [0.29, 0.717) is 6.04 Å². The fourth-order valence-corrected chi connectivity index (χ4v) is 2.87. The van der Waals surface area contributed by atoms with Gasteiger partial charge in [-0.25, -0.2) is 0 Å². The molecule has 0 amide bonds. The molecule has 110 valence electrons. The highest BCUT2D eigenvalue weighted by atomic mass is 35.5. The first-order valence-electron chi connectivity index (χ1n) is 7.09. The van der Waals surface area contributed by atoms with Gasteiger partial charge >= 0.3 is 0 Å². The van der Waals surface area contributed by atoms with Crippen molar-refractivity contribution in [3.8, 4) is 11.5 Å². The Kier molecular flexibility index (Phi) is 4.73. The summed E-state index contributed by atoms with van der Waals surface area (Å²) in [5.41, 5.74) is 1.10. The van der Waals surface area contributed by atoms with Crippen molar-refractivity contribution in [3.63, 3.8) is 0 Å². The molecule has 1 N–H and O–H groups in total. The molecular weight excluding hydrogens is 302 g/mol. The first-order chi connectivity index (χ1) is 10.3. The van der Waals surface area contributed by atoms with Crippen LogP contribution in [0.2, 0.25) is 5.02 Å². The lowest BCUT2D eigenvalue weighted by molar-refractivity contribution is 0.462. The third-order valence-electron chi connectivity index (χ3n) is 3.47. The zero-order chi connectivity index (χ0) is 14.7. The molecule has 4 heteroatoms. The van der Waals surface area contributed by atoms with E-state index in [1.54, 1.807) is 11.8 Å². The first kappa shape index (κ1) is 14.8. The molecule has 0 heterocycles. The molecule has 21 heavy (non-hydrogen) atoms. The Balaban J connectivity index is 1.82. The van der Waals surface area contributed by atoms with E-state index < -0.39 is 0 Å². The van der Waals surface area contributed by atoms with Gasteiger partial charge in [0.15, 0.2) is 0 Å². The molecule has 1 aliphatic carbocycles. The monoisotopic (exact) mass is 319 g/mol. The molecule has 1 aliphatic rings. The minimum absolute atomic E-state index is 0.662. The van der Waals surface area contributed by atoms with E-state index in [-0.39, 0.29) is 0 Å². The molecule has 1 fully saturated rings. The van der Waals surface area contributed by atoms with E-state index in [0.717, 1.165) is 33.5 Å². The number of para-hydroxylation sites is 1. The molecule has 3 rings (SSSR count). The number of thioether (sulfide) groups is 1. The van der Waals surface area contributed by atoms with Gasteiger partial charge in [0.1, 0.15) is 11.5 Å². The molecule has 1 saturated carbocycles. The third kappa shape index (κ3) is 3.94. The first-order valence-corrected chi connectivity index (χ1v) is 8.69. The summed E-state index contributed by atoms with van der Waals surface area (Å²) in [6, 6.07) is 14.5. The highest BCUT2D eigenvalue weighted by Gasteiger charge is 2.21. The molecular formula is C17H18ClNOS. The summed E-state index contributed by atoms with van der Waals surface area (Å²) in [7, 11) is 0. The van der Waals surface area contributed by atoms with Gasteiger partial charge in [-0.15, -0.1) is 11.8 Å². The van der Waals surface area contributed by atoms with Crippen LogP contribution >= 0.6 is 23.4 Å². The summed E-state index contributed by atoms with van der Waals surface area (Å²) in [5.74, 6) is 1.76. The number of rotatable bonds is 6. The van der Waals surface area contributed by atoms with Gasteiger partial charge in [0.2, 0.25) is 0 Å². The Labute approximate surface area is 134 Å². The predicted molar refractivity (Wildman–Crippen MR) is 89.6 cm³/mol. The molecule has 2 aromatic carbocycles. The van der Waals surface area contributed by atoms with Gasteiger partial charge in [-0.2, -0.15) is 0 Å². The fraction of sp³-hybridized carbons (Fsp3) is 0.294. The normalized spacial score (nSPS) is 14.2. The van der Waals surface area contributed by atoms with Crippen LogP contribution in [0, 0.1) is 0 Å². The van der Waals surface area contributed by atoms with E-state index in [2.05, 4.69) is 17.6 Å². The average molecular weight is 320 g/mol. The van der Waals surface area contributed by atoms with Crippen LogP contribution in [-0.4, -0.2) is 12.3 Å². The van der Waals surface area contributed by atoms with Crippen LogP contribution in [0.4, 0.5) is 0 Å². The van der Waals surface area contributed by atoms with E-state index in [1.165, 1.54) is 12.8 Å². The van der Waals surface area contributed by atoms with Gasteiger partial charge in [0.25, 0.3) is 0 Å². The van der Waals surface area contributed by atoms with Gasteiger partial charge in [-0.05, 0) is 49.4 Å². The number of hydrogen-bond donors (Lipinski definition) is 1. The van der Waals surface area contributed by atoms with Crippen molar-refractivity contribution in [3.05, 3.63) is 53.1 Å². The molecule has 0 bridgehead atoms. The maximum atomic E-state index is 6.12. The summed E-state index contributed by atoms with van der Waals surface area (Å²) < 4.78 is 6.12. The molecule has 0 aliphatic heterocycles. The van der Waals surface area contributed by atoms with Gasteiger partial charge in [0.05, 0.1) is 0 Å². The lowest BCUT2D eigenvalue weighted by Crippen LogP contribution is -2.15. The van der Waals surface area contributed by atoms with Crippen molar-refractivity contribution in [1.82, 2.24) is 5.32 Å². The lowest BCUT2D eigenvalue weighted by atomic mass is 10.2. The standard InChI is InChI=1S/C17H18ClNOS/c1-21-17-5-3-2-4-16(17)20-15-9-6-13(18)10-12(15)11-19-14-7-8-14/h2-6,9-10,14,19H,7-8,11H2,1H3. The molecule has 0 unspecified atom stereocenters. The Morgan fingerprint density at radius 3 is 2.76 bits per heavy atom. The second-order valence-corrected chi connectivity index (χ2v) is 6.44. The smallest absolute Gasteiger partial charge is 0.140 e. The Morgan fingerprint density at radius 2 is 2.00 bits per heavy atom. The minimum Gasteiger partial charge on any atom is -0.456 e. The van der Waals surface area contributed by atoms with Crippen molar-refractivity contribution in [2.45, 2.75) is 30.3 Å². The van der Waals surface area contributed by atoms with E-state index in [4.69, 9.17) is 16.3 Å². The molecule has 0 saturated heterocycles. The summed E-state index contributed by atoms with van der Waals surface area (Å²) in [6.07, 6.45) is 4.59. The zero-order valence-corrected chi connectivity index (χ0v) is 13.5. The largest absolute Gasteiger partial charge is 0.456 e. The van der Waals surface area contributed by atoms with Crippen molar-refractivity contribution in [2.75, 3.05) is 6.26 Å². The second-order valence-electron chi connectivity index (χ2n) is 5.16. The van der Waals surface area contributed by atoms with Crippen LogP contribution in [0.15, 0.2) is 47.4 Å². The molecule has 0 atom stereocenters. The van der Waals surface area contributed by atoms with E-state index >= 15 is 0 Å². The van der Waals surface area contributed by atoms with Crippen LogP contribution < -0.4 is 10.1 Å². The Morgan fingerprint density at radius 1 is 1.19 bits per heavy atom. The fourth-order valence-electron chi connectivity index (χ4n) is 2.15. The molecule has 2 nitrogen and oxygen atoms in total. The van der Waals surface area contributed by atoms with E-state index in [9.17, 15) is 0 Å². The van der Waals surface area contributed by atoms with Crippen molar-refractivity contribution < 1.29 is 4.74 Å². The number of benzene rings is 2. The molecule has 0 spiro atoms. The van der Waals surface area contributed by atoms with Crippen LogP contribution in [0.5, 0.6) is 11.5 Å². The highest BCUT2D eigenvalue weighted by Crippen LogP contribution is 2.34. The lowest BCUT2D eigenvalue weighted by Gasteiger charge is -2.14. The predicted octanol–water partition coefficient (Wildman–Crippen LogP) is 5.11. The number of nitrogens with one attached hydrogen (secondary N) is 1. The van der Waals surface area contributed by atoms with Crippen LogP contribution in [0.3, 0.4) is 0 Å². The number of hydrogen-bond acceptors (Lipinski definition) is 3.